The first kappa shape index (κ1) is 33.7. The predicted molar refractivity (Wildman–Crippen MR) is 184 cm³/mol. The van der Waals surface area contributed by atoms with Gasteiger partial charge >= 0.3 is 6.09 Å². The van der Waals surface area contributed by atoms with E-state index < -0.39 is 12.1 Å². The first-order valence-electron chi connectivity index (χ1n) is 15.8. The van der Waals surface area contributed by atoms with Crippen molar-refractivity contribution < 1.29 is 19.1 Å². The number of rotatable bonds is 14. The Kier molecular flexibility index (Phi) is 13.3. The lowest BCUT2D eigenvalue weighted by Crippen LogP contribution is -2.50. The Bertz CT molecular complexity index is 1390. The number of alkyl carbamates (subject to hydrolysis) is 1. The third kappa shape index (κ3) is 9.66. The smallest absolute Gasteiger partial charge is 0.407 e. The fourth-order valence-corrected chi connectivity index (χ4v) is 6.08. The van der Waals surface area contributed by atoms with Crippen molar-refractivity contribution in [3.8, 4) is 0 Å². The molecule has 0 saturated carbocycles. The number of alkyl halides is 1. The molecule has 0 aliphatic carbocycles. The summed E-state index contributed by atoms with van der Waals surface area (Å²) >= 11 is 2.35. The molecule has 236 valence electrons. The Morgan fingerprint density at radius 1 is 1.05 bits per heavy atom. The summed E-state index contributed by atoms with van der Waals surface area (Å²) in [5.41, 5.74) is 3.09. The maximum absolute atomic E-state index is 13.8. The van der Waals surface area contributed by atoms with Crippen LogP contribution in [0.15, 0.2) is 66.7 Å². The van der Waals surface area contributed by atoms with Crippen LogP contribution in [-0.2, 0) is 14.0 Å². The molecule has 9 heteroatoms. The zero-order valence-electron chi connectivity index (χ0n) is 25.8. The molecule has 0 unspecified atom stereocenters. The number of carbonyl (C=O) groups is 3. The number of benzene rings is 3. The molecule has 0 bridgehead atoms. The maximum Gasteiger partial charge on any atom is 0.407 e. The predicted octanol–water partition coefficient (Wildman–Crippen LogP) is 6.17. The van der Waals surface area contributed by atoms with Crippen LogP contribution in [0, 0.1) is 0 Å². The van der Waals surface area contributed by atoms with Crippen LogP contribution in [0.5, 0.6) is 0 Å². The number of halogens is 1. The van der Waals surface area contributed by atoms with Gasteiger partial charge in [0.1, 0.15) is 0 Å². The highest BCUT2D eigenvalue weighted by Crippen LogP contribution is 2.23. The van der Waals surface area contributed by atoms with Crippen molar-refractivity contribution in [3.05, 3.63) is 83.4 Å². The van der Waals surface area contributed by atoms with Crippen LogP contribution in [0.1, 0.15) is 73.4 Å². The molecule has 4 rings (SSSR count). The molecule has 44 heavy (non-hydrogen) atoms. The standard InChI is InChI=1S/C35H45IN4O4/c1-3-5-19-44-35(43)37-17-15-32-34(42)40(24-26(4-2)27-9-7-6-8-10-27)18-16-31(39-32)23-38-33(41)30-14-13-28-20-25(22-36)11-12-29(28)21-30/h6-14,20-21,26,31-32,39H,3-5,15-19,22-24H2,1-2H3,(H,37,43)(H,38,41)/t26-,31+,32+/m1/s1. The van der Waals surface area contributed by atoms with Crippen molar-refractivity contribution in [1.82, 2.24) is 20.9 Å². The monoisotopic (exact) mass is 712 g/mol. The van der Waals surface area contributed by atoms with Gasteiger partial charge in [-0.3, -0.25) is 9.59 Å². The fraction of sp³-hybridized carbons (Fsp3) is 0.457. The highest BCUT2D eigenvalue weighted by atomic mass is 127. The van der Waals surface area contributed by atoms with Gasteiger partial charge in [-0.05, 0) is 59.7 Å². The SMILES string of the molecule is CCCCOC(=O)NCC[C@@H]1N[C@H](CNC(=O)c2ccc3cc(CI)ccc3c2)CCN(C[C@@H](CC)c2ccccc2)C1=O. The van der Waals surface area contributed by atoms with Crippen LogP contribution in [0.25, 0.3) is 10.8 Å². The molecule has 3 N–H and O–H groups in total. The van der Waals surface area contributed by atoms with Gasteiger partial charge in [0.25, 0.3) is 5.91 Å². The molecule has 1 fully saturated rings. The topological polar surface area (TPSA) is 99.8 Å². The molecule has 8 nitrogen and oxygen atoms in total. The van der Waals surface area contributed by atoms with E-state index in [2.05, 4.69) is 75.8 Å². The third-order valence-electron chi connectivity index (χ3n) is 8.26. The molecule has 1 saturated heterocycles. The van der Waals surface area contributed by atoms with Crippen LogP contribution in [0.4, 0.5) is 4.79 Å². The van der Waals surface area contributed by atoms with E-state index >= 15 is 0 Å². The van der Waals surface area contributed by atoms with Gasteiger partial charge in [0.2, 0.25) is 5.91 Å². The van der Waals surface area contributed by atoms with E-state index in [0.717, 1.165) is 34.5 Å². The highest BCUT2D eigenvalue weighted by molar-refractivity contribution is 14.1. The van der Waals surface area contributed by atoms with Gasteiger partial charge < -0.3 is 25.6 Å². The number of nitrogens with zero attached hydrogens (tertiary/aromatic N) is 1. The molecule has 1 heterocycles. The third-order valence-corrected chi connectivity index (χ3v) is 9.14. The normalized spacial score (nSPS) is 17.6. The number of unbranched alkanes of at least 4 members (excludes halogenated alkanes) is 1. The van der Waals surface area contributed by atoms with Gasteiger partial charge in [-0.25, -0.2) is 4.79 Å². The number of hydrogen-bond acceptors (Lipinski definition) is 5. The number of hydrogen-bond donors (Lipinski definition) is 3. The van der Waals surface area contributed by atoms with Gasteiger partial charge in [0.15, 0.2) is 0 Å². The summed E-state index contributed by atoms with van der Waals surface area (Å²) in [6, 6.07) is 21.8. The van der Waals surface area contributed by atoms with Gasteiger partial charge in [-0.15, -0.1) is 0 Å². The van der Waals surface area contributed by atoms with E-state index in [-0.39, 0.29) is 23.8 Å². The molecule has 1 aliphatic heterocycles. The maximum atomic E-state index is 13.8. The second-order valence-electron chi connectivity index (χ2n) is 11.4. The second kappa shape index (κ2) is 17.3. The minimum atomic E-state index is -0.489. The van der Waals surface area contributed by atoms with Crippen LogP contribution in [-0.4, -0.2) is 67.7 Å². The summed E-state index contributed by atoms with van der Waals surface area (Å²) in [6.45, 7) is 6.50. The molecule has 3 amide bonds. The van der Waals surface area contributed by atoms with Gasteiger partial charge in [-0.2, -0.15) is 0 Å². The quantitative estimate of drug-likeness (QED) is 0.106. The first-order valence-corrected chi connectivity index (χ1v) is 17.3. The summed E-state index contributed by atoms with van der Waals surface area (Å²) < 4.78 is 6.15. The number of ether oxygens (including phenoxy) is 1. The van der Waals surface area contributed by atoms with Crippen LogP contribution in [0.2, 0.25) is 0 Å². The Hall–Kier alpha value is -3.18. The van der Waals surface area contributed by atoms with Crippen LogP contribution < -0.4 is 16.0 Å². The van der Waals surface area contributed by atoms with Crippen molar-refractivity contribution >= 4 is 51.3 Å². The summed E-state index contributed by atoms with van der Waals surface area (Å²) in [5.74, 6) is 0.113. The van der Waals surface area contributed by atoms with Crippen molar-refractivity contribution in [3.63, 3.8) is 0 Å². The van der Waals surface area contributed by atoms with Crippen molar-refractivity contribution in [1.29, 1.82) is 0 Å². The lowest BCUT2D eigenvalue weighted by molar-refractivity contribution is -0.133. The van der Waals surface area contributed by atoms with Crippen LogP contribution in [0.3, 0.4) is 0 Å². The number of fused-ring (bicyclic) bond motifs is 1. The molecule has 3 atom stereocenters. The van der Waals surface area contributed by atoms with E-state index in [1.54, 1.807) is 0 Å². The van der Waals surface area contributed by atoms with Crippen molar-refractivity contribution in [2.24, 2.45) is 0 Å². The van der Waals surface area contributed by atoms with E-state index in [1.165, 1.54) is 11.1 Å². The van der Waals surface area contributed by atoms with E-state index in [1.807, 2.05) is 48.2 Å². The van der Waals surface area contributed by atoms with E-state index in [0.29, 0.717) is 51.2 Å². The number of carbonyl (C=O) groups excluding carboxylic acids is 3. The van der Waals surface area contributed by atoms with Crippen molar-refractivity contribution in [2.75, 3.05) is 32.8 Å². The first-order chi connectivity index (χ1) is 21.4. The van der Waals surface area contributed by atoms with E-state index in [9.17, 15) is 14.4 Å². The summed E-state index contributed by atoms with van der Waals surface area (Å²) in [6.07, 6.45) is 3.35. The largest absolute Gasteiger partial charge is 0.450 e. The molecule has 0 aromatic heterocycles. The van der Waals surface area contributed by atoms with Gasteiger partial charge in [-0.1, -0.05) is 97.5 Å². The summed E-state index contributed by atoms with van der Waals surface area (Å²) in [5, 5.41) is 11.5. The molecule has 3 aromatic rings. The van der Waals surface area contributed by atoms with Gasteiger partial charge in [0, 0.05) is 48.1 Å². The Balaban J connectivity index is 1.41. The summed E-state index contributed by atoms with van der Waals surface area (Å²) in [7, 11) is 0. The average Bonchev–Trinajstić information content (AvgIpc) is 3.20. The Morgan fingerprint density at radius 3 is 2.57 bits per heavy atom. The minimum Gasteiger partial charge on any atom is -0.450 e. The number of amides is 3. The summed E-state index contributed by atoms with van der Waals surface area (Å²) in [4.78, 5) is 41.0. The second-order valence-corrected chi connectivity index (χ2v) is 12.2. The zero-order chi connectivity index (χ0) is 31.3. The molecule has 3 aromatic carbocycles. The highest BCUT2D eigenvalue weighted by Gasteiger charge is 2.32. The molecular formula is C35H45IN4O4. The number of nitrogens with one attached hydrogen (secondary N) is 3. The van der Waals surface area contributed by atoms with Crippen LogP contribution >= 0.6 is 22.6 Å². The zero-order valence-corrected chi connectivity index (χ0v) is 28.0. The molecule has 0 spiro atoms. The molecule has 1 aliphatic rings. The Labute approximate surface area is 274 Å². The Morgan fingerprint density at radius 2 is 1.82 bits per heavy atom. The average molecular weight is 713 g/mol. The van der Waals surface area contributed by atoms with E-state index in [4.69, 9.17) is 4.74 Å². The lowest BCUT2D eigenvalue weighted by Gasteiger charge is -2.28. The molecule has 0 radical (unpaired) electrons. The lowest BCUT2D eigenvalue weighted by atomic mass is 9.95. The fourth-order valence-electron chi connectivity index (χ4n) is 5.61. The minimum absolute atomic E-state index is 0.0229. The molecular weight excluding hydrogens is 667 g/mol. The van der Waals surface area contributed by atoms with Gasteiger partial charge in [0.05, 0.1) is 12.6 Å². The van der Waals surface area contributed by atoms with Crippen molar-refractivity contribution in [2.45, 2.75) is 68.4 Å².